The Morgan fingerprint density at radius 2 is 1.93 bits per heavy atom. The molecule has 0 saturated carbocycles. The van der Waals surface area contributed by atoms with E-state index < -0.39 is 5.41 Å². The van der Waals surface area contributed by atoms with E-state index in [4.69, 9.17) is 24.6 Å². The molecule has 1 aromatic heterocycles. The molecule has 9 heteroatoms. The highest BCUT2D eigenvalue weighted by molar-refractivity contribution is 5.75. The molecule has 0 radical (unpaired) electrons. The van der Waals surface area contributed by atoms with Crippen LogP contribution in [0.1, 0.15) is 50.6 Å². The number of hydrogen-bond donors (Lipinski definition) is 0. The van der Waals surface area contributed by atoms with Gasteiger partial charge in [0.25, 0.3) is 5.89 Å². The molecule has 0 aliphatic carbocycles. The molecule has 3 rings (SSSR count). The van der Waals surface area contributed by atoms with E-state index >= 15 is 0 Å². The van der Waals surface area contributed by atoms with Crippen LogP contribution in [-0.2, 0) is 21.0 Å². The van der Waals surface area contributed by atoms with E-state index in [2.05, 4.69) is 10.1 Å². The zero-order valence-electron chi connectivity index (χ0n) is 17.2. The van der Waals surface area contributed by atoms with Crippen LogP contribution in [0.3, 0.4) is 0 Å². The largest absolute Gasteiger partial charge is 0.368 e. The molecule has 9 nitrogen and oxygen atoms in total. The SMILES string of the molecule is CC(C)(C)C(=O)ON1CCC(OCc2nc(-c3ccc(C#N)c(C#N)c3)no2)CC1. The lowest BCUT2D eigenvalue weighted by atomic mass is 9.98. The van der Waals surface area contributed by atoms with Crippen LogP contribution in [-0.4, -0.2) is 40.4 Å². The maximum atomic E-state index is 12.0. The lowest BCUT2D eigenvalue weighted by molar-refractivity contribution is -0.209. The summed E-state index contributed by atoms with van der Waals surface area (Å²) in [6, 6.07) is 8.74. The molecule has 0 spiro atoms. The second-order valence-corrected chi connectivity index (χ2v) is 8.06. The normalized spacial score (nSPS) is 15.4. The van der Waals surface area contributed by atoms with Gasteiger partial charge < -0.3 is 14.1 Å². The summed E-state index contributed by atoms with van der Waals surface area (Å²) in [5.74, 6) is 0.413. The predicted molar refractivity (Wildman–Crippen MR) is 104 cm³/mol. The number of rotatable bonds is 5. The zero-order chi connectivity index (χ0) is 21.7. The Hall–Kier alpha value is -3.27. The number of carbonyl (C=O) groups excluding carboxylic acids is 1. The average Bonchev–Trinajstić information content (AvgIpc) is 3.21. The van der Waals surface area contributed by atoms with Crippen molar-refractivity contribution < 1.29 is 18.9 Å². The highest BCUT2D eigenvalue weighted by Crippen LogP contribution is 2.22. The molecule has 0 unspecified atom stereocenters. The Morgan fingerprint density at radius 3 is 2.57 bits per heavy atom. The number of hydroxylamine groups is 2. The fourth-order valence-corrected chi connectivity index (χ4v) is 2.84. The Labute approximate surface area is 174 Å². The molecule has 1 aliphatic heterocycles. The second-order valence-electron chi connectivity index (χ2n) is 8.06. The van der Waals surface area contributed by atoms with Gasteiger partial charge in [-0.25, -0.2) is 4.79 Å². The number of nitrogens with zero attached hydrogens (tertiary/aromatic N) is 5. The van der Waals surface area contributed by atoms with E-state index in [0.29, 0.717) is 35.9 Å². The summed E-state index contributed by atoms with van der Waals surface area (Å²) in [7, 11) is 0. The molecule has 2 aromatic rings. The number of ether oxygens (including phenoxy) is 1. The standard InChI is InChI=1S/C21H23N5O4/c1-21(2,3)20(27)30-26-8-6-17(7-9-26)28-13-18-24-19(25-29-18)14-4-5-15(11-22)16(10-14)12-23/h4-5,10,17H,6-9,13H2,1-3H3. The van der Waals surface area contributed by atoms with Gasteiger partial charge in [-0.3, -0.25) is 0 Å². The molecule has 156 valence electrons. The van der Waals surface area contributed by atoms with Crippen LogP contribution in [0.4, 0.5) is 0 Å². The number of piperidine rings is 1. The van der Waals surface area contributed by atoms with Crippen LogP contribution in [0.15, 0.2) is 22.7 Å². The van der Waals surface area contributed by atoms with Gasteiger partial charge in [0.1, 0.15) is 18.7 Å². The van der Waals surface area contributed by atoms with Crippen molar-refractivity contribution in [3.63, 3.8) is 0 Å². The maximum Gasteiger partial charge on any atom is 0.330 e. The first-order valence-electron chi connectivity index (χ1n) is 9.66. The first-order valence-corrected chi connectivity index (χ1v) is 9.66. The summed E-state index contributed by atoms with van der Waals surface area (Å²) >= 11 is 0. The van der Waals surface area contributed by atoms with Gasteiger partial charge in [-0.2, -0.15) is 15.5 Å². The van der Waals surface area contributed by atoms with Crippen molar-refractivity contribution in [1.82, 2.24) is 15.2 Å². The van der Waals surface area contributed by atoms with E-state index in [0.717, 1.165) is 12.8 Å². The third kappa shape index (κ3) is 5.20. The monoisotopic (exact) mass is 409 g/mol. The zero-order valence-corrected chi connectivity index (χ0v) is 17.2. The summed E-state index contributed by atoms with van der Waals surface area (Å²) in [6.07, 6.45) is 1.45. The van der Waals surface area contributed by atoms with Crippen LogP contribution in [0.5, 0.6) is 0 Å². The van der Waals surface area contributed by atoms with Gasteiger partial charge in [-0.15, -0.1) is 5.06 Å². The molecule has 0 amide bonds. The molecule has 0 atom stereocenters. The van der Waals surface area contributed by atoms with Gasteiger partial charge in [-0.05, 0) is 51.8 Å². The molecule has 2 heterocycles. The van der Waals surface area contributed by atoms with Crippen LogP contribution in [0, 0.1) is 28.1 Å². The van der Waals surface area contributed by atoms with Gasteiger partial charge >= 0.3 is 5.97 Å². The minimum absolute atomic E-state index is 0.00467. The van der Waals surface area contributed by atoms with Crippen molar-refractivity contribution in [2.24, 2.45) is 5.41 Å². The molecule has 1 aliphatic rings. The maximum absolute atomic E-state index is 12.0. The van der Waals surface area contributed by atoms with Crippen molar-refractivity contribution in [3.8, 4) is 23.5 Å². The van der Waals surface area contributed by atoms with Gasteiger partial charge in [-0.1, -0.05) is 5.16 Å². The molecular formula is C21H23N5O4. The topological polar surface area (TPSA) is 125 Å². The lowest BCUT2D eigenvalue weighted by Crippen LogP contribution is -2.40. The van der Waals surface area contributed by atoms with Crippen molar-refractivity contribution in [2.75, 3.05) is 13.1 Å². The predicted octanol–water partition coefficient (Wildman–Crippen LogP) is 2.97. The molecule has 1 fully saturated rings. The highest BCUT2D eigenvalue weighted by Gasteiger charge is 2.28. The Bertz CT molecular complexity index is 988. The minimum atomic E-state index is -0.536. The minimum Gasteiger partial charge on any atom is -0.368 e. The summed E-state index contributed by atoms with van der Waals surface area (Å²) < 4.78 is 11.1. The number of benzene rings is 1. The average molecular weight is 409 g/mol. The molecule has 1 saturated heterocycles. The summed E-state index contributed by atoms with van der Waals surface area (Å²) in [5.41, 5.74) is 0.616. The fourth-order valence-electron chi connectivity index (χ4n) is 2.84. The first-order chi connectivity index (χ1) is 14.3. The molecular weight excluding hydrogens is 386 g/mol. The second kappa shape index (κ2) is 9.04. The van der Waals surface area contributed by atoms with Crippen molar-refractivity contribution in [3.05, 3.63) is 35.2 Å². The van der Waals surface area contributed by atoms with E-state index in [1.54, 1.807) is 23.3 Å². The third-order valence-corrected chi connectivity index (χ3v) is 4.65. The third-order valence-electron chi connectivity index (χ3n) is 4.65. The van der Waals surface area contributed by atoms with Crippen molar-refractivity contribution in [2.45, 2.75) is 46.3 Å². The van der Waals surface area contributed by atoms with Crippen molar-refractivity contribution in [1.29, 1.82) is 10.5 Å². The number of hydrogen-bond acceptors (Lipinski definition) is 9. The Morgan fingerprint density at radius 1 is 1.23 bits per heavy atom. The summed E-state index contributed by atoms with van der Waals surface area (Å²) in [4.78, 5) is 21.7. The van der Waals surface area contributed by atoms with Gasteiger partial charge in [0, 0.05) is 18.7 Å². The Kier molecular flexibility index (Phi) is 6.46. The summed E-state index contributed by atoms with van der Waals surface area (Å²) in [6.45, 7) is 6.84. The molecule has 0 bridgehead atoms. The number of aromatic nitrogens is 2. The van der Waals surface area contributed by atoms with E-state index in [-0.39, 0.29) is 24.2 Å². The van der Waals surface area contributed by atoms with Crippen LogP contribution in [0.25, 0.3) is 11.4 Å². The number of nitriles is 2. The van der Waals surface area contributed by atoms with Crippen LogP contribution in [0.2, 0.25) is 0 Å². The highest BCUT2D eigenvalue weighted by atomic mass is 16.7. The lowest BCUT2D eigenvalue weighted by Gasteiger charge is -2.31. The van der Waals surface area contributed by atoms with Crippen LogP contribution < -0.4 is 0 Å². The van der Waals surface area contributed by atoms with E-state index in [9.17, 15) is 4.79 Å². The fraction of sp³-hybridized carbons (Fsp3) is 0.476. The van der Waals surface area contributed by atoms with Gasteiger partial charge in [0.05, 0.1) is 22.6 Å². The van der Waals surface area contributed by atoms with Crippen molar-refractivity contribution >= 4 is 5.97 Å². The summed E-state index contributed by atoms with van der Waals surface area (Å²) in [5, 5.41) is 23.8. The molecule has 30 heavy (non-hydrogen) atoms. The van der Waals surface area contributed by atoms with E-state index in [1.807, 2.05) is 32.9 Å². The quantitative estimate of drug-likeness (QED) is 0.732. The van der Waals surface area contributed by atoms with Gasteiger partial charge in [0.15, 0.2) is 0 Å². The smallest absolute Gasteiger partial charge is 0.330 e. The number of carbonyl (C=O) groups is 1. The first kappa shape index (κ1) is 21.4. The van der Waals surface area contributed by atoms with Gasteiger partial charge in [0.2, 0.25) is 5.82 Å². The Balaban J connectivity index is 1.51. The molecule has 1 aromatic carbocycles. The molecule has 0 N–H and O–H groups in total. The van der Waals surface area contributed by atoms with E-state index in [1.165, 1.54) is 0 Å². The van der Waals surface area contributed by atoms with Crippen LogP contribution >= 0.6 is 0 Å².